The number of carbonyl (C=O) groups is 1. The fourth-order valence-corrected chi connectivity index (χ4v) is 5.57. The van der Waals surface area contributed by atoms with Crippen molar-refractivity contribution in [1.82, 2.24) is 9.55 Å². The molecule has 45 heavy (non-hydrogen) atoms. The lowest BCUT2D eigenvalue weighted by Crippen LogP contribution is -2.38. The van der Waals surface area contributed by atoms with E-state index in [9.17, 15) is 14.7 Å². The molecule has 3 atom stereocenters. The Kier molecular flexibility index (Phi) is 9.52. The fourth-order valence-electron chi connectivity index (χ4n) is 5.57. The summed E-state index contributed by atoms with van der Waals surface area (Å²) in [5.41, 5.74) is 1.36. The van der Waals surface area contributed by atoms with Gasteiger partial charge in [-0.2, -0.15) is 4.98 Å². The molecule has 3 aromatic carbocycles. The highest BCUT2D eigenvalue weighted by molar-refractivity contribution is 5.90. The van der Waals surface area contributed by atoms with Crippen LogP contribution in [0.4, 0.5) is 11.5 Å². The zero-order valence-electron chi connectivity index (χ0n) is 26.0. The van der Waals surface area contributed by atoms with Gasteiger partial charge in [-0.15, -0.1) is 0 Å². The van der Waals surface area contributed by atoms with Gasteiger partial charge in [0.2, 0.25) is 5.91 Å². The van der Waals surface area contributed by atoms with Crippen LogP contribution in [0.2, 0.25) is 0 Å². The van der Waals surface area contributed by atoms with Crippen LogP contribution in [0, 0.1) is 0 Å². The first-order chi connectivity index (χ1) is 21.7. The van der Waals surface area contributed by atoms with Gasteiger partial charge in [-0.25, -0.2) is 4.79 Å². The molecule has 5 rings (SSSR count). The molecular weight excluding hydrogens is 576 g/mol. The van der Waals surface area contributed by atoms with Gasteiger partial charge in [-0.1, -0.05) is 54.6 Å². The molecule has 1 fully saturated rings. The Morgan fingerprint density at radius 3 is 2.04 bits per heavy atom. The summed E-state index contributed by atoms with van der Waals surface area (Å²) in [4.78, 5) is 30.5. The zero-order valence-corrected chi connectivity index (χ0v) is 26.0. The number of anilines is 2. The molecule has 2 heterocycles. The monoisotopic (exact) mass is 614 g/mol. The minimum Gasteiger partial charge on any atom is -0.497 e. The van der Waals surface area contributed by atoms with E-state index in [0.717, 1.165) is 16.7 Å². The van der Waals surface area contributed by atoms with Crippen molar-refractivity contribution in [1.29, 1.82) is 0 Å². The van der Waals surface area contributed by atoms with E-state index in [2.05, 4.69) is 10.3 Å². The largest absolute Gasteiger partial charge is 0.497 e. The van der Waals surface area contributed by atoms with Crippen LogP contribution >= 0.6 is 0 Å². The Labute approximate surface area is 262 Å². The zero-order chi connectivity index (χ0) is 32.1. The number of aliphatic hydroxyl groups excluding tert-OH is 1. The number of ether oxygens (including phenoxy) is 4. The van der Waals surface area contributed by atoms with Gasteiger partial charge in [-0.3, -0.25) is 9.36 Å². The van der Waals surface area contributed by atoms with Crippen LogP contribution in [0.1, 0.15) is 36.3 Å². The Morgan fingerprint density at radius 1 is 0.978 bits per heavy atom. The van der Waals surface area contributed by atoms with E-state index in [1.165, 1.54) is 11.5 Å². The number of amides is 1. The number of rotatable bonds is 11. The summed E-state index contributed by atoms with van der Waals surface area (Å²) >= 11 is 0. The molecule has 1 amide bonds. The number of methoxy groups -OCH3 is 2. The molecule has 0 unspecified atom stereocenters. The number of hydrogen-bond donors (Lipinski definition) is 2. The molecule has 0 aliphatic carbocycles. The fraction of sp³-hybridized carbons (Fsp3) is 0.324. The Bertz CT molecular complexity index is 1610. The number of benzene rings is 3. The third-order valence-electron chi connectivity index (χ3n) is 7.86. The smallest absolute Gasteiger partial charge is 0.351 e. The van der Waals surface area contributed by atoms with Crippen molar-refractivity contribution in [3.05, 3.63) is 112 Å². The highest BCUT2D eigenvalue weighted by atomic mass is 16.6. The van der Waals surface area contributed by atoms with Gasteiger partial charge < -0.3 is 34.3 Å². The molecule has 1 aliphatic heterocycles. The molecule has 0 radical (unpaired) electrons. The van der Waals surface area contributed by atoms with Crippen molar-refractivity contribution < 1.29 is 28.8 Å². The van der Waals surface area contributed by atoms with Gasteiger partial charge in [0, 0.05) is 33.6 Å². The van der Waals surface area contributed by atoms with E-state index in [0.29, 0.717) is 17.2 Å². The standard InChI is InChI=1S/C34H38N4O7/c1-22(39)35-32-28(37(2)3)20-38(33(41)36-32)31-19-29(40)30(45-31)21-44-34(23-9-7-6-8-10-23,24-11-15-26(42-4)16-12-24)25-13-17-27(43-5)18-14-25/h6-18,20,29-31,40H,19,21H2,1-5H3,(H,35,36,39,41)/t29-,30+,31+/m0/s1. The van der Waals surface area contributed by atoms with Gasteiger partial charge in [-0.05, 0) is 41.0 Å². The molecule has 11 heteroatoms. The molecule has 1 aromatic heterocycles. The van der Waals surface area contributed by atoms with E-state index in [-0.39, 0.29) is 24.8 Å². The predicted octanol–water partition coefficient (Wildman–Crippen LogP) is 3.94. The molecule has 4 aromatic rings. The summed E-state index contributed by atoms with van der Waals surface area (Å²) in [6.45, 7) is 1.35. The summed E-state index contributed by atoms with van der Waals surface area (Å²) in [5, 5.41) is 13.8. The highest BCUT2D eigenvalue weighted by Crippen LogP contribution is 2.42. The highest BCUT2D eigenvalue weighted by Gasteiger charge is 2.42. The lowest BCUT2D eigenvalue weighted by molar-refractivity contribution is -0.114. The first kappa shape index (κ1) is 31.7. The van der Waals surface area contributed by atoms with Crippen LogP contribution in [0.15, 0.2) is 89.9 Å². The third kappa shape index (κ3) is 6.56. The Balaban J connectivity index is 1.51. The number of carbonyl (C=O) groups excluding carboxylic acids is 1. The Morgan fingerprint density at radius 2 is 1.53 bits per heavy atom. The van der Waals surface area contributed by atoms with Crippen LogP contribution in [0.5, 0.6) is 11.5 Å². The van der Waals surface area contributed by atoms with Crippen molar-refractivity contribution >= 4 is 17.4 Å². The average molecular weight is 615 g/mol. The number of nitrogens with zero attached hydrogens (tertiary/aromatic N) is 3. The molecular formula is C34H38N4O7. The van der Waals surface area contributed by atoms with E-state index in [1.54, 1.807) is 39.4 Å². The molecule has 2 N–H and O–H groups in total. The average Bonchev–Trinajstić information content (AvgIpc) is 3.41. The van der Waals surface area contributed by atoms with Gasteiger partial charge >= 0.3 is 5.69 Å². The first-order valence-corrected chi connectivity index (χ1v) is 14.6. The molecule has 1 saturated heterocycles. The third-order valence-corrected chi connectivity index (χ3v) is 7.86. The summed E-state index contributed by atoms with van der Waals surface area (Å²) in [5.74, 6) is 1.21. The molecule has 236 valence electrons. The van der Waals surface area contributed by atoms with Crippen LogP contribution < -0.4 is 25.4 Å². The van der Waals surface area contributed by atoms with E-state index in [4.69, 9.17) is 18.9 Å². The lowest BCUT2D eigenvalue weighted by atomic mass is 9.80. The van der Waals surface area contributed by atoms with Crippen molar-refractivity contribution in [2.24, 2.45) is 0 Å². The van der Waals surface area contributed by atoms with Gasteiger partial charge in [0.15, 0.2) is 5.82 Å². The second-order valence-corrected chi connectivity index (χ2v) is 11.0. The molecule has 0 spiro atoms. The number of aliphatic hydroxyl groups is 1. The number of nitrogens with one attached hydrogen (secondary N) is 1. The van der Waals surface area contributed by atoms with Crippen LogP contribution in [-0.2, 0) is 19.9 Å². The van der Waals surface area contributed by atoms with E-state index < -0.39 is 29.7 Å². The van der Waals surface area contributed by atoms with Crippen molar-refractivity contribution in [2.75, 3.05) is 45.1 Å². The maximum absolute atomic E-state index is 13.0. The quantitative estimate of drug-likeness (QED) is 0.242. The molecule has 11 nitrogen and oxygen atoms in total. The minimum absolute atomic E-state index is 0.00267. The summed E-state index contributed by atoms with van der Waals surface area (Å²) < 4.78 is 25.4. The van der Waals surface area contributed by atoms with Crippen LogP contribution in [0.3, 0.4) is 0 Å². The van der Waals surface area contributed by atoms with E-state index in [1.807, 2.05) is 78.9 Å². The lowest BCUT2D eigenvalue weighted by Gasteiger charge is -2.37. The summed E-state index contributed by atoms with van der Waals surface area (Å²) in [6.07, 6.45) is -0.777. The van der Waals surface area contributed by atoms with Crippen LogP contribution in [0.25, 0.3) is 0 Å². The van der Waals surface area contributed by atoms with Gasteiger partial charge in [0.05, 0.1) is 32.6 Å². The summed E-state index contributed by atoms with van der Waals surface area (Å²) in [7, 11) is 6.79. The second kappa shape index (κ2) is 13.5. The van der Waals surface area contributed by atoms with Gasteiger partial charge in [0.1, 0.15) is 29.4 Å². The minimum atomic E-state index is -1.10. The number of hydrogen-bond acceptors (Lipinski definition) is 9. The predicted molar refractivity (Wildman–Crippen MR) is 170 cm³/mol. The van der Waals surface area contributed by atoms with Crippen molar-refractivity contribution in [2.45, 2.75) is 37.4 Å². The summed E-state index contributed by atoms with van der Waals surface area (Å²) in [6, 6.07) is 25.2. The normalized spacial score (nSPS) is 18.0. The second-order valence-electron chi connectivity index (χ2n) is 11.0. The van der Waals surface area contributed by atoms with Crippen molar-refractivity contribution in [3.8, 4) is 11.5 Å². The topological polar surface area (TPSA) is 124 Å². The first-order valence-electron chi connectivity index (χ1n) is 14.6. The van der Waals surface area contributed by atoms with Crippen LogP contribution in [-0.4, -0.2) is 67.7 Å². The van der Waals surface area contributed by atoms with E-state index >= 15 is 0 Å². The SMILES string of the molecule is COc1ccc(C(OC[C@H]2O[C@@H](n3cc(N(C)C)c(NC(C)=O)nc3=O)C[C@@H]2O)(c2ccccc2)c2ccc(OC)cc2)cc1. The molecule has 1 aliphatic rings. The maximum Gasteiger partial charge on any atom is 0.351 e. The van der Waals surface area contributed by atoms with Crippen molar-refractivity contribution in [3.63, 3.8) is 0 Å². The molecule has 0 bridgehead atoms. The molecule has 0 saturated carbocycles. The maximum atomic E-state index is 13.0. The van der Waals surface area contributed by atoms with Gasteiger partial charge in [0.25, 0.3) is 0 Å². The number of aromatic nitrogens is 2. The Hall–Kier alpha value is -4.71.